The van der Waals surface area contributed by atoms with Crippen LogP contribution < -0.4 is 0 Å². The zero-order chi connectivity index (χ0) is 19.8. The fraction of sp³-hybridized carbons (Fsp3) is 0.435. The number of hydrogen-bond acceptors (Lipinski definition) is 5. The molecule has 0 N–H and O–H groups in total. The first-order valence-electron chi connectivity index (χ1n) is 9.71. The zero-order valence-electron chi connectivity index (χ0n) is 16.5. The van der Waals surface area contributed by atoms with Crippen molar-refractivity contribution in [3.05, 3.63) is 71.8 Å². The summed E-state index contributed by atoms with van der Waals surface area (Å²) in [5.74, 6) is -0.328. The summed E-state index contributed by atoms with van der Waals surface area (Å²) < 4.78 is 23.7. The van der Waals surface area contributed by atoms with Crippen molar-refractivity contribution in [2.24, 2.45) is 0 Å². The Balaban J connectivity index is 1.69. The predicted molar refractivity (Wildman–Crippen MR) is 106 cm³/mol. The van der Waals surface area contributed by atoms with Gasteiger partial charge >= 0.3 is 5.97 Å². The number of carbonyl (C=O) groups is 1. The topological polar surface area (TPSA) is 54.0 Å². The SMILES string of the molecule is CC(=O)OC[C@H]1O[C@H](C)CC(OCc2ccccc2)C1OCc1ccccc1. The Kier molecular flexibility index (Phi) is 7.60. The fourth-order valence-corrected chi connectivity index (χ4v) is 3.39. The van der Waals surface area contributed by atoms with Crippen LogP contribution in [0, 0.1) is 0 Å². The van der Waals surface area contributed by atoms with Crippen molar-refractivity contribution in [1.82, 2.24) is 0 Å². The third-order valence-electron chi connectivity index (χ3n) is 4.75. The summed E-state index contributed by atoms with van der Waals surface area (Å²) in [6.45, 7) is 4.52. The number of ether oxygens (including phenoxy) is 4. The van der Waals surface area contributed by atoms with E-state index in [9.17, 15) is 4.79 Å². The molecule has 5 nitrogen and oxygen atoms in total. The smallest absolute Gasteiger partial charge is 0.302 e. The highest BCUT2D eigenvalue weighted by molar-refractivity contribution is 5.65. The maximum absolute atomic E-state index is 11.3. The molecular weight excluding hydrogens is 356 g/mol. The molecule has 0 radical (unpaired) electrons. The molecule has 28 heavy (non-hydrogen) atoms. The van der Waals surface area contributed by atoms with Crippen molar-refractivity contribution in [2.45, 2.75) is 57.9 Å². The lowest BCUT2D eigenvalue weighted by Gasteiger charge is -2.40. The van der Waals surface area contributed by atoms with E-state index in [1.165, 1.54) is 6.92 Å². The van der Waals surface area contributed by atoms with Gasteiger partial charge in [-0.25, -0.2) is 0 Å². The Morgan fingerprint density at radius 1 is 0.964 bits per heavy atom. The van der Waals surface area contributed by atoms with Crippen molar-refractivity contribution in [3.63, 3.8) is 0 Å². The van der Waals surface area contributed by atoms with Crippen LogP contribution in [-0.4, -0.2) is 37.0 Å². The van der Waals surface area contributed by atoms with E-state index >= 15 is 0 Å². The largest absolute Gasteiger partial charge is 0.463 e. The Morgan fingerprint density at radius 2 is 1.54 bits per heavy atom. The molecule has 4 atom stereocenters. The Hall–Kier alpha value is -2.21. The molecule has 1 fully saturated rings. The lowest BCUT2D eigenvalue weighted by atomic mass is 9.98. The molecule has 1 saturated heterocycles. The summed E-state index contributed by atoms with van der Waals surface area (Å²) in [6.07, 6.45) is -0.106. The zero-order valence-corrected chi connectivity index (χ0v) is 16.5. The van der Waals surface area contributed by atoms with Gasteiger partial charge in [-0.2, -0.15) is 0 Å². The van der Waals surface area contributed by atoms with E-state index in [1.807, 2.05) is 67.6 Å². The monoisotopic (exact) mass is 384 g/mol. The Morgan fingerprint density at radius 3 is 2.11 bits per heavy atom. The number of hydrogen-bond donors (Lipinski definition) is 0. The van der Waals surface area contributed by atoms with Gasteiger partial charge < -0.3 is 18.9 Å². The van der Waals surface area contributed by atoms with Gasteiger partial charge in [-0.15, -0.1) is 0 Å². The predicted octanol–water partition coefficient (Wildman–Crippen LogP) is 3.90. The lowest BCUT2D eigenvalue weighted by molar-refractivity contribution is -0.216. The van der Waals surface area contributed by atoms with Crippen LogP contribution in [0.4, 0.5) is 0 Å². The maximum Gasteiger partial charge on any atom is 0.302 e. The molecular formula is C23H28O5. The molecule has 2 unspecified atom stereocenters. The molecule has 1 heterocycles. The number of esters is 1. The second-order valence-electron chi connectivity index (χ2n) is 7.12. The minimum Gasteiger partial charge on any atom is -0.463 e. The molecule has 2 aromatic rings. The molecule has 0 aromatic heterocycles. The van der Waals surface area contributed by atoms with Gasteiger partial charge in [-0.1, -0.05) is 60.7 Å². The van der Waals surface area contributed by atoms with Crippen LogP contribution in [-0.2, 0) is 37.0 Å². The molecule has 0 bridgehead atoms. The van der Waals surface area contributed by atoms with E-state index in [0.29, 0.717) is 13.2 Å². The van der Waals surface area contributed by atoms with Crippen LogP contribution >= 0.6 is 0 Å². The molecule has 1 aliphatic rings. The van der Waals surface area contributed by atoms with E-state index < -0.39 is 0 Å². The number of rotatable bonds is 8. The first kappa shape index (κ1) is 20.5. The van der Waals surface area contributed by atoms with Crippen molar-refractivity contribution >= 4 is 5.97 Å². The molecule has 150 valence electrons. The minimum absolute atomic E-state index is 0.00194. The molecule has 0 spiro atoms. The molecule has 2 aromatic carbocycles. The molecule has 1 aliphatic heterocycles. The van der Waals surface area contributed by atoms with Crippen LogP contribution in [0.25, 0.3) is 0 Å². The van der Waals surface area contributed by atoms with Crippen LogP contribution in [0.3, 0.4) is 0 Å². The molecule has 0 aliphatic carbocycles. The van der Waals surface area contributed by atoms with Crippen molar-refractivity contribution < 1.29 is 23.7 Å². The van der Waals surface area contributed by atoms with Gasteiger partial charge in [-0.05, 0) is 18.1 Å². The van der Waals surface area contributed by atoms with Crippen molar-refractivity contribution in [3.8, 4) is 0 Å². The highest BCUT2D eigenvalue weighted by Crippen LogP contribution is 2.27. The van der Waals surface area contributed by atoms with Gasteiger partial charge in [0.15, 0.2) is 0 Å². The summed E-state index contributed by atoms with van der Waals surface area (Å²) in [4.78, 5) is 11.3. The minimum atomic E-state index is -0.364. The van der Waals surface area contributed by atoms with Crippen LogP contribution in [0.15, 0.2) is 60.7 Å². The van der Waals surface area contributed by atoms with Gasteiger partial charge in [0.1, 0.15) is 18.8 Å². The summed E-state index contributed by atoms with van der Waals surface area (Å²) >= 11 is 0. The summed E-state index contributed by atoms with van der Waals surface area (Å²) in [5.41, 5.74) is 2.19. The molecule has 5 heteroatoms. The van der Waals surface area contributed by atoms with E-state index in [0.717, 1.165) is 17.5 Å². The normalized spacial score (nSPS) is 24.6. The average molecular weight is 384 g/mol. The fourth-order valence-electron chi connectivity index (χ4n) is 3.39. The van der Waals surface area contributed by atoms with Crippen LogP contribution in [0.2, 0.25) is 0 Å². The van der Waals surface area contributed by atoms with E-state index in [-0.39, 0.29) is 37.0 Å². The van der Waals surface area contributed by atoms with Gasteiger partial charge in [-0.3, -0.25) is 4.79 Å². The first-order valence-corrected chi connectivity index (χ1v) is 9.71. The average Bonchev–Trinajstić information content (AvgIpc) is 2.71. The van der Waals surface area contributed by atoms with E-state index in [2.05, 4.69) is 0 Å². The summed E-state index contributed by atoms with van der Waals surface area (Å²) in [6, 6.07) is 20.1. The summed E-state index contributed by atoms with van der Waals surface area (Å²) in [5, 5.41) is 0. The van der Waals surface area contributed by atoms with Crippen LogP contribution in [0.1, 0.15) is 31.4 Å². The second-order valence-corrected chi connectivity index (χ2v) is 7.12. The second kappa shape index (κ2) is 10.4. The lowest BCUT2D eigenvalue weighted by Crippen LogP contribution is -2.52. The third kappa shape index (κ3) is 6.16. The van der Waals surface area contributed by atoms with Crippen molar-refractivity contribution in [2.75, 3.05) is 6.61 Å². The highest BCUT2D eigenvalue weighted by Gasteiger charge is 2.39. The van der Waals surface area contributed by atoms with Crippen molar-refractivity contribution in [1.29, 1.82) is 0 Å². The maximum atomic E-state index is 11.3. The number of benzene rings is 2. The standard InChI is InChI=1S/C23H28O5/c1-17-13-21(26-14-19-9-5-3-6-10-19)23(22(28-17)16-25-18(2)24)27-15-20-11-7-4-8-12-20/h3-12,17,21-23H,13-16H2,1-2H3/t17-,21?,22-,23?/m1/s1. The van der Waals surface area contributed by atoms with Gasteiger partial charge in [0.05, 0.1) is 25.4 Å². The molecule has 0 amide bonds. The third-order valence-corrected chi connectivity index (χ3v) is 4.75. The highest BCUT2D eigenvalue weighted by atomic mass is 16.6. The van der Waals surface area contributed by atoms with Crippen LogP contribution in [0.5, 0.6) is 0 Å². The quantitative estimate of drug-likeness (QED) is 0.646. The molecule has 3 rings (SSSR count). The Labute approximate surface area is 166 Å². The van der Waals surface area contributed by atoms with E-state index in [1.54, 1.807) is 0 Å². The van der Waals surface area contributed by atoms with Gasteiger partial charge in [0.25, 0.3) is 0 Å². The van der Waals surface area contributed by atoms with Gasteiger partial charge in [0, 0.05) is 13.3 Å². The van der Waals surface area contributed by atoms with E-state index in [4.69, 9.17) is 18.9 Å². The Bertz CT molecular complexity index is 718. The summed E-state index contributed by atoms with van der Waals surface area (Å²) in [7, 11) is 0. The van der Waals surface area contributed by atoms with Gasteiger partial charge in [0.2, 0.25) is 0 Å². The molecule has 0 saturated carbocycles. The number of carbonyl (C=O) groups excluding carboxylic acids is 1. The first-order chi connectivity index (χ1) is 13.6.